The smallest absolute Gasteiger partial charge is 0.228 e. The van der Waals surface area contributed by atoms with Crippen LogP contribution in [0.4, 0.5) is 11.8 Å². The fourth-order valence-corrected chi connectivity index (χ4v) is 3.07. The van der Waals surface area contributed by atoms with E-state index in [-0.39, 0.29) is 11.5 Å². The number of nitrogens with two attached hydrogens (primary N) is 1. The third-order valence-corrected chi connectivity index (χ3v) is 4.35. The van der Waals surface area contributed by atoms with Crippen LogP contribution in [0.2, 0.25) is 0 Å². The Morgan fingerprint density at radius 1 is 1.31 bits per heavy atom. The largest absolute Gasteiger partial charge is 0.383 e. The first kappa shape index (κ1) is 11.6. The van der Waals surface area contributed by atoms with E-state index in [0.29, 0.717) is 29.5 Å². The molecule has 0 saturated carbocycles. The summed E-state index contributed by atoms with van der Waals surface area (Å²) in [7, 11) is -2.88. The first-order valence-electron chi connectivity index (χ1n) is 4.72. The van der Waals surface area contributed by atoms with Gasteiger partial charge in [0.1, 0.15) is 10.4 Å². The average molecular weight is 307 g/mol. The number of hydrogen-bond acceptors (Lipinski definition) is 6. The van der Waals surface area contributed by atoms with Gasteiger partial charge in [-0.25, -0.2) is 13.4 Å². The van der Waals surface area contributed by atoms with E-state index in [1.165, 1.54) is 0 Å². The van der Waals surface area contributed by atoms with Crippen LogP contribution in [-0.4, -0.2) is 43.0 Å². The summed E-state index contributed by atoms with van der Waals surface area (Å²) in [6.45, 7) is 0.830. The molecule has 8 heteroatoms. The molecule has 88 valence electrons. The highest BCUT2D eigenvalue weighted by Gasteiger charge is 2.23. The van der Waals surface area contributed by atoms with Crippen molar-refractivity contribution in [3.05, 3.63) is 10.7 Å². The van der Waals surface area contributed by atoms with Gasteiger partial charge in [-0.3, -0.25) is 0 Å². The molecule has 0 bridgehead atoms. The molecule has 2 rings (SSSR count). The second-order valence-electron chi connectivity index (χ2n) is 3.55. The Kier molecular flexibility index (Phi) is 3.02. The van der Waals surface area contributed by atoms with Crippen LogP contribution in [0.15, 0.2) is 10.7 Å². The fourth-order valence-electron chi connectivity index (χ4n) is 1.48. The van der Waals surface area contributed by atoms with Crippen LogP contribution in [0.1, 0.15) is 0 Å². The Morgan fingerprint density at radius 3 is 2.50 bits per heavy atom. The summed E-state index contributed by atoms with van der Waals surface area (Å²) in [6.07, 6.45) is 0. The van der Waals surface area contributed by atoms with Crippen molar-refractivity contribution in [1.29, 1.82) is 0 Å². The molecule has 0 aliphatic carbocycles. The SMILES string of the molecule is Nc1cc(Br)nc(N2CCS(=O)(=O)CC2)n1. The number of nitrogens with zero attached hydrogens (tertiary/aromatic N) is 3. The molecule has 1 aliphatic rings. The molecule has 1 aromatic heterocycles. The quantitative estimate of drug-likeness (QED) is 0.738. The van der Waals surface area contributed by atoms with Gasteiger partial charge in [-0.1, -0.05) is 0 Å². The molecule has 1 aromatic rings. The zero-order valence-corrected chi connectivity index (χ0v) is 10.8. The van der Waals surface area contributed by atoms with E-state index >= 15 is 0 Å². The predicted molar refractivity (Wildman–Crippen MR) is 65.0 cm³/mol. The lowest BCUT2D eigenvalue weighted by atomic mass is 10.5. The van der Waals surface area contributed by atoms with Crippen molar-refractivity contribution in [3.8, 4) is 0 Å². The van der Waals surface area contributed by atoms with Crippen molar-refractivity contribution >= 4 is 37.5 Å². The van der Waals surface area contributed by atoms with Gasteiger partial charge < -0.3 is 10.6 Å². The van der Waals surface area contributed by atoms with E-state index in [9.17, 15) is 8.42 Å². The summed E-state index contributed by atoms with van der Waals surface area (Å²) in [5.74, 6) is 1.12. The highest BCUT2D eigenvalue weighted by molar-refractivity contribution is 9.10. The second-order valence-corrected chi connectivity index (χ2v) is 6.67. The first-order chi connectivity index (χ1) is 7.46. The van der Waals surface area contributed by atoms with Gasteiger partial charge in [-0.15, -0.1) is 0 Å². The maximum absolute atomic E-state index is 11.3. The normalized spacial score (nSPS) is 19.7. The predicted octanol–water partition coefficient (Wildman–Crippen LogP) is 0.0561. The molecule has 6 nitrogen and oxygen atoms in total. The molecule has 0 amide bonds. The van der Waals surface area contributed by atoms with Gasteiger partial charge in [-0.2, -0.15) is 4.98 Å². The maximum atomic E-state index is 11.3. The molecule has 0 unspecified atom stereocenters. The lowest BCUT2D eigenvalue weighted by Crippen LogP contribution is -2.41. The second kappa shape index (κ2) is 4.17. The van der Waals surface area contributed by atoms with Gasteiger partial charge in [0, 0.05) is 19.2 Å². The van der Waals surface area contributed by atoms with E-state index in [1.807, 2.05) is 4.90 Å². The summed E-state index contributed by atoms with van der Waals surface area (Å²) in [5, 5.41) is 0. The Labute approximate surface area is 102 Å². The van der Waals surface area contributed by atoms with Crippen molar-refractivity contribution < 1.29 is 8.42 Å². The summed E-state index contributed by atoms with van der Waals surface area (Å²) >= 11 is 3.23. The molecule has 0 spiro atoms. The van der Waals surface area contributed by atoms with Crippen LogP contribution in [0.25, 0.3) is 0 Å². The zero-order chi connectivity index (χ0) is 11.8. The number of anilines is 2. The van der Waals surface area contributed by atoms with Crippen LogP contribution in [0.3, 0.4) is 0 Å². The standard InChI is InChI=1S/C8H11BrN4O2S/c9-6-5-7(10)12-8(11-6)13-1-3-16(14,15)4-2-13/h5H,1-4H2,(H2,10,11,12). The number of nitrogen functional groups attached to an aromatic ring is 1. The van der Waals surface area contributed by atoms with Crippen LogP contribution >= 0.6 is 15.9 Å². The van der Waals surface area contributed by atoms with E-state index in [0.717, 1.165) is 0 Å². The Morgan fingerprint density at radius 2 is 1.94 bits per heavy atom. The Balaban J connectivity index is 2.20. The fraction of sp³-hybridized carbons (Fsp3) is 0.500. The molecule has 0 radical (unpaired) electrons. The van der Waals surface area contributed by atoms with Crippen molar-refractivity contribution in [3.63, 3.8) is 0 Å². The molecule has 1 fully saturated rings. The molecular formula is C8H11BrN4O2S. The minimum absolute atomic E-state index is 0.142. The maximum Gasteiger partial charge on any atom is 0.228 e. The van der Waals surface area contributed by atoms with Gasteiger partial charge >= 0.3 is 0 Å². The van der Waals surface area contributed by atoms with Crippen LogP contribution < -0.4 is 10.6 Å². The summed E-state index contributed by atoms with van der Waals surface area (Å²) in [5.41, 5.74) is 5.59. The number of sulfone groups is 1. The minimum Gasteiger partial charge on any atom is -0.383 e. The van der Waals surface area contributed by atoms with Gasteiger partial charge in [0.05, 0.1) is 11.5 Å². The molecular weight excluding hydrogens is 296 g/mol. The van der Waals surface area contributed by atoms with Crippen molar-refractivity contribution in [2.75, 3.05) is 35.2 Å². The third-order valence-electron chi connectivity index (χ3n) is 2.33. The molecule has 0 atom stereocenters. The van der Waals surface area contributed by atoms with Gasteiger partial charge in [0.15, 0.2) is 9.84 Å². The first-order valence-corrected chi connectivity index (χ1v) is 7.33. The lowest BCUT2D eigenvalue weighted by molar-refractivity contribution is 0.585. The highest BCUT2D eigenvalue weighted by Crippen LogP contribution is 2.17. The van der Waals surface area contributed by atoms with E-state index in [1.54, 1.807) is 6.07 Å². The number of aromatic nitrogens is 2. The lowest BCUT2D eigenvalue weighted by Gasteiger charge is -2.26. The summed E-state index contributed by atoms with van der Waals surface area (Å²) in [4.78, 5) is 10.1. The molecule has 0 aromatic carbocycles. The summed E-state index contributed by atoms with van der Waals surface area (Å²) in [6, 6.07) is 1.60. The topological polar surface area (TPSA) is 89.2 Å². The average Bonchev–Trinajstić information content (AvgIpc) is 2.15. The number of hydrogen-bond donors (Lipinski definition) is 1. The van der Waals surface area contributed by atoms with Crippen molar-refractivity contribution in [1.82, 2.24) is 9.97 Å². The molecule has 1 saturated heterocycles. The van der Waals surface area contributed by atoms with Crippen LogP contribution in [-0.2, 0) is 9.84 Å². The van der Waals surface area contributed by atoms with E-state index in [2.05, 4.69) is 25.9 Å². The molecule has 2 heterocycles. The molecule has 16 heavy (non-hydrogen) atoms. The zero-order valence-electron chi connectivity index (χ0n) is 8.43. The molecule has 1 aliphatic heterocycles. The van der Waals surface area contributed by atoms with Crippen LogP contribution in [0.5, 0.6) is 0 Å². The Hall–Kier alpha value is -0.890. The van der Waals surface area contributed by atoms with Gasteiger partial charge in [0.25, 0.3) is 0 Å². The summed E-state index contributed by atoms with van der Waals surface area (Å²) < 4.78 is 23.1. The monoisotopic (exact) mass is 306 g/mol. The van der Waals surface area contributed by atoms with E-state index < -0.39 is 9.84 Å². The molecule has 2 N–H and O–H groups in total. The van der Waals surface area contributed by atoms with E-state index in [4.69, 9.17) is 5.73 Å². The Bertz CT molecular complexity index is 471. The minimum atomic E-state index is -2.88. The van der Waals surface area contributed by atoms with Crippen molar-refractivity contribution in [2.45, 2.75) is 0 Å². The number of halogens is 1. The highest BCUT2D eigenvalue weighted by atomic mass is 79.9. The van der Waals surface area contributed by atoms with Crippen molar-refractivity contribution in [2.24, 2.45) is 0 Å². The number of rotatable bonds is 1. The van der Waals surface area contributed by atoms with Gasteiger partial charge in [-0.05, 0) is 15.9 Å². The van der Waals surface area contributed by atoms with Gasteiger partial charge in [0.2, 0.25) is 5.95 Å². The van der Waals surface area contributed by atoms with Crippen LogP contribution in [0, 0.1) is 0 Å². The third kappa shape index (κ3) is 2.62.